The average molecular weight is 335 g/mol. The Bertz CT molecular complexity index is 580. The van der Waals surface area contributed by atoms with E-state index in [1.54, 1.807) is 0 Å². The number of hydrogen-bond donors (Lipinski definition) is 1. The highest BCUT2D eigenvalue weighted by Gasteiger charge is 2.22. The van der Waals surface area contributed by atoms with E-state index >= 15 is 0 Å². The number of esters is 1. The number of rotatable bonds is 6. The van der Waals surface area contributed by atoms with Crippen LogP contribution in [-0.2, 0) is 21.4 Å². The van der Waals surface area contributed by atoms with Crippen molar-refractivity contribution in [1.29, 1.82) is 0 Å². The summed E-state index contributed by atoms with van der Waals surface area (Å²) in [4.78, 5) is 12.0. The molecular weight excluding hydrogens is 300 g/mol. The molecule has 3 heteroatoms. The molecule has 1 unspecified atom stereocenters. The highest BCUT2D eigenvalue weighted by atomic mass is 16.5. The van der Waals surface area contributed by atoms with Crippen molar-refractivity contribution in [2.45, 2.75) is 73.6 Å². The number of hydrogen-bond acceptors (Lipinski definition) is 3. The molecule has 0 spiro atoms. The Kier molecular flexibility index (Phi) is 6.88. The predicted octanol–water partition coefficient (Wildman–Crippen LogP) is 5.07. The first-order chi connectivity index (χ1) is 10.9. The van der Waals surface area contributed by atoms with Crippen LogP contribution in [0.25, 0.3) is 0 Å². The number of carbonyl (C=O) groups is 1. The van der Waals surface area contributed by atoms with E-state index in [9.17, 15) is 9.90 Å². The first-order valence-corrected chi connectivity index (χ1v) is 8.93. The zero-order valence-corrected chi connectivity index (χ0v) is 16.6. The van der Waals surface area contributed by atoms with Gasteiger partial charge < -0.3 is 9.84 Å². The fourth-order valence-electron chi connectivity index (χ4n) is 2.53. The molecule has 0 radical (unpaired) electrons. The van der Waals surface area contributed by atoms with Crippen LogP contribution >= 0.6 is 0 Å². The van der Waals surface area contributed by atoms with E-state index in [1.165, 1.54) is 0 Å². The fraction of sp³-hybridized carbons (Fsp3) is 0.667. The van der Waals surface area contributed by atoms with Crippen LogP contribution < -0.4 is 0 Å². The maximum atomic E-state index is 12.0. The van der Waals surface area contributed by atoms with Crippen LogP contribution in [0.5, 0.6) is 5.75 Å². The van der Waals surface area contributed by atoms with Crippen LogP contribution in [0.4, 0.5) is 0 Å². The second-order valence-electron chi connectivity index (χ2n) is 8.34. The lowest BCUT2D eigenvalue weighted by atomic mass is 9.82. The topological polar surface area (TPSA) is 46.5 Å². The van der Waals surface area contributed by atoms with E-state index < -0.39 is 0 Å². The van der Waals surface area contributed by atoms with Gasteiger partial charge in [-0.25, -0.2) is 0 Å². The van der Waals surface area contributed by atoms with Gasteiger partial charge in [0.1, 0.15) is 5.75 Å². The van der Waals surface area contributed by atoms with Gasteiger partial charge in [-0.2, -0.15) is 0 Å². The third kappa shape index (κ3) is 5.25. The van der Waals surface area contributed by atoms with E-state index in [0.717, 1.165) is 22.3 Å². The molecule has 3 nitrogen and oxygen atoms in total. The molecule has 0 aliphatic rings. The molecule has 24 heavy (non-hydrogen) atoms. The van der Waals surface area contributed by atoms with Crippen LogP contribution in [-0.4, -0.2) is 17.7 Å². The van der Waals surface area contributed by atoms with Crippen molar-refractivity contribution >= 4 is 5.97 Å². The third-order valence-corrected chi connectivity index (χ3v) is 5.02. The quantitative estimate of drug-likeness (QED) is 0.738. The van der Waals surface area contributed by atoms with Crippen molar-refractivity contribution in [2.75, 3.05) is 6.61 Å². The van der Waals surface area contributed by atoms with Crippen LogP contribution in [0.3, 0.4) is 0 Å². The summed E-state index contributed by atoms with van der Waals surface area (Å²) in [5.74, 6) is 1.11. The van der Waals surface area contributed by atoms with E-state index in [-0.39, 0.29) is 11.4 Å². The summed E-state index contributed by atoms with van der Waals surface area (Å²) < 4.78 is 5.39. The van der Waals surface area contributed by atoms with Gasteiger partial charge in [-0.3, -0.25) is 4.79 Å². The summed E-state index contributed by atoms with van der Waals surface area (Å²) in [6.07, 6.45) is 1.02. The monoisotopic (exact) mass is 334 g/mol. The first kappa shape index (κ1) is 20.5. The molecule has 0 fully saturated rings. The van der Waals surface area contributed by atoms with Gasteiger partial charge >= 0.3 is 5.97 Å². The van der Waals surface area contributed by atoms with Crippen molar-refractivity contribution < 1.29 is 14.6 Å². The predicted molar refractivity (Wildman–Crippen MR) is 99.6 cm³/mol. The molecule has 1 atom stereocenters. The average Bonchev–Trinajstić information content (AvgIpc) is 2.48. The molecule has 0 bridgehead atoms. The van der Waals surface area contributed by atoms with Crippen molar-refractivity contribution in [1.82, 2.24) is 0 Å². The number of aromatic hydroxyl groups is 1. The summed E-state index contributed by atoms with van der Waals surface area (Å²) in [7, 11) is 0. The second-order valence-corrected chi connectivity index (χ2v) is 8.34. The molecule has 1 N–H and O–H groups in total. The van der Waals surface area contributed by atoms with E-state index in [2.05, 4.69) is 41.5 Å². The summed E-state index contributed by atoms with van der Waals surface area (Å²) in [5.41, 5.74) is 3.87. The van der Waals surface area contributed by atoms with Crippen LogP contribution in [0.15, 0.2) is 6.07 Å². The zero-order valence-electron chi connectivity index (χ0n) is 16.6. The van der Waals surface area contributed by atoms with Gasteiger partial charge in [0, 0.05) is 6.42 Å². The smallest absolute Gasteiger partial charge is 0.306 e. The van der Waals surface area contributed by atoms with Crippen molar-refractivity contribution in [2.24, 2.45) is 11.8 Å². The van der Waals surface area contributed by atoms with E-state index in [1.807, 2.05) is 19.9 Å². The summed E-state index contributed by atoms with van der Waals surface area (Å²) in [6.45, 7) is 17.0. The molecule has 0 aliphatic carbocycles. The van der Waals surface area contributed by atoms with Crippen molar-refractivity contribution in [3.8, 4) is 5.75 Å². The highest BCUT2D eigenvalue weighted by Crippen LogP contribution is 2.36. The van der Waals surface area contributed by atoms with Crippen LogP contribution in [0.2, 0.25) is 0 Å². The largest absolute Gasteiger partial charge is 0.507 e. The van der Waals surface area contributed by atoms with Crippen LogP contribution in [0.1, 0.15) is 70.2 Å². The lowest BCUT2D eigenvalue weighted by Gasteiger charge is -2.24. The van der Waals surface area contributed by atoms with E-state index in [0.29, 0.717) is 37.0 Å². The molecular formula is C21H34O3. The normalized spacial score (nSPS) is 13.2. The minimum Gasteiger partial charge on any atom is -0.507 e. The number of benzene rings is 1. The fourth-order valence-corrected chi connectivity index (χ4v) is 2.53. The molecule has 0 aromatic heterocycles. The SMILES string of the molecule is Cc1c(CCC(=O)OCC(C)C(C)C)cc(C(C)(C)C)c(O)c1C. The maximum Gasteiger partial charge on any atom is 0.306 e. The Hall–Kier alpha value is -1.51. The molecule has 0 saturated heterocycles. The van der Waals surface area contributed by atoms with E-state index in [4.69, 9.17) is 4.74 Å². The van der Waals surface area contributed by atoms with Crippen molar-refractivity contribution in [3.05, 3.63) is 28.3 Å². The van der Waals surface area contributed by atoms with Crippen molar-refractivity contribution in [3.63, 3.8) is 0 Å². The first-order valence-electron chi connectivity index (χ1n) is 8.93. The minimum absolute atomic E-state index is 0.134. The Morgan fingerprint density at radius 1 is 1.17 bits per heavy atom. The lowest BCUT2D eigenvalue weighted by Crippen LogP contribution is -2.17. The van der Waals surface area contributed by atoms with Gasteiger partial charge in [0.25, 0.3) is 0 Å². The highest BCUT2D eigenvalue weighted by molar-refractivity contribution is 5.70. The molecule has 1 rings (SSSR count). The Morgan fingerprint density at radius 2 is 1.75 bits per heavy atom. The third-order valence-electron chi connectivity index (χ3n) is 5.02. The standard InChI is InChI=1S/C21H34O3/c1-13(2)14(3)12-24-19(22)10-9-17-11-18(21(6,7)8)20(23)16(5)15(17)4/h11,13-14,23H,9-10,12H2,1-8H3. The Labute approximate surface area is 147 Å². The van der Waals surface area contributed by atoms with Gasteiger partial charge in [-0.15, -0.1) is 0 Å². The summed E-state index contributed by atoms with van der Waals surface area (Å²) in [6, 6.07) is 2.04. The lowest BCUT2D eigenvalue weighted by molar-refractivity contribution is -0.145. The number of ether oxygens (including phenoxy) is 1. The minimum atomic E-state index is -0.148. The van der Waals surface area contributed by atoms with Gasteiger partial charge in [0.15, 0.2) is 0 Å². The molecule has 0 saturated carbocycles. The van der Waals surface area contributed by atoms with Gasteiger partial charge in [0.05, 0.1) is 6.61 Å². The second kappa shape index (κ2) is 8.04. The zero-order chi connectivity index (χ0) is 18.7. The van der Waals surface area contributed by atoms with Crippen LogP contribution in [0, 0.1) is 25.7 Å². The maximum absolute atomic E-state index is 12.0. The summed E-state index contributed by atoms with van der Waals surface area (Å²) >= 11 is 0. The molecule has 136 valence electrons. The Balaban J connectivity index is 2.82. The molecule has 1 aromatic rings. The summed E-state index contributed by atoms with van der Waals surface area (Å²) in [5, 5.41) is 10.4. The number of aryl methyl sites for hydroxylation is 1. The molecule has 0 amide bonds. The number of carbonyl (C=O) groups excluding carboxylic acids is 1. The van der Waals surface area contributed by atoms with Gasteiger partial charge in [-0.1, -0.05) is 47.6 Å². The molecule has 0 aliphatic heterocycles. The number of phenols is 1. The molecule has 0 heterocycles. The van der Waals surface area contributed by atoms with Gasteiger partial charge in [-0.05, 0) is 59.8 Å². The van der Waals surface area contributed by atoms with Gasteiger partial charge in [0.2, 0.25) is 0 Å². The Morgan fingerprint density at radius 3 is 2.25 bits per heavy atom. The number of phenolic OH excluding ortho intramolecular Hbond substituents is 1. The molecule has 1 aromatic carbocycles.